The summed E-state index contributed by atoms with van der Waals surface area (Å²) in [4.78, 5) is 24.5. The molecule has 162 valence electrons. The summed E-state index contributed by atoms with van der Waals surface area (Å²) < 4.78 is 12.6. The summed E-state index contributed by atoms with van der Waals surface area (Å²) in [6.07, 6.45) is 3.56. The highest BCUT2D eigenvalue weighted by atomic mass is 16.5. The van der Waals surface area contributed by atoms with Crippen molar-refractivity contribution in [3.05, 3.63) is 72.1 Å². The number of aromatic nitrogens is 2. The number of rotatable bonds is 9. The lowest BCUT2D eigenvalue weighted by Gasteiger charge is -2.14. The van der Waals surface area contributed by atoms with E-state index in [0.717, 1.165) is 11.3 Å². The zero-order chi connectivity index (χ0) is 22.2. The van der Waals surface area contributed by atoms with Crippen LogP contribution in [0.5, 0.6) is 11.5 Å². The fourth-order valence-corrected chi connectivity index (χ4v) is 3.01. The van der Waals surface area contributed by atoms with Gasteiger partial charge in [-0.3, -0.25) is 9.59 Å². The standard InChI is InChI=1S/C23H26N4O4/c1-16(2)26-22(28)15-31-20-10-9-17(13-21(20)30-3)23(29)24-14-18-7-4-5-8-19(18)27-12-6-11-25-27/h4-13,16H,14-15H2,1-3H3,(H,24,29)(H,26,28). The van der Waals surface area contributed by atoms with Crippen LogP contribution in [0.1, 0.15) is 29.8 Å². The van der Waals surface area contributed by atoms with Crippen LogP contribution in [0, 0.1) is 0 Å². The molecule has 0 fully saturated rings. The van der Waals surface area contributed by atoms with E-state index in [0.29, 0.717) is 23.6 Å². The second-order valence-corrected chi connectivity index (χ2v) is 7.14. The Morgan fingerprint density at radius 3 is 2.61 bits per heavy atom. The van der Waals surface area contributed by atoms with Crippen molar-refractivity contribution in [1.82, 2.24) is 20.4 Å². The largest absolute Gasteiger partial charge is 0.493 e. The van der Waals surface area contributed by atoms with Crippen LogP contribution in [0.4, 0.5) is 0 Å². The van der Waals surface area contributed by atoms with E-state index in [1.807, 2.05) is 50.4 Å². The number of ether oxygens (including phenoxy) is 2. The molecule has 3 rings (SSSR count). The molecule has 8 heteroatoms. The van der Waals surface area contributed by atoms with Gasteiger partial charge in [-0.25, -0.2) is 4.68 Å². The predicted molar refractivity (Wildman–Crippen MR) is 117 cm³/mol. The minimum absolute atomic E-state index is 0.0301. The average Bonchev–Trinajstić information content (AvgIpc) is 3.30. The minimum atomic E-state index is -0.252. The van der Waals surface area contributed by atoms with Gasteiger partial charge in [-0.05, 0) is 49.7 Å². The first-order valence-corrected chi connectivity index (χ1v) is 9.94. The van der Waals surface area contributed by atoms with Gasteiger partial charge in [0.1, 0.15) is 0 Å². The number of nitrogens with zero attached hydrogens (tertiary/aromatic N) is 2. The Morgan fingerprint density at radius 1 is 1.10 bits per heavy atom. The van der Waals surface area contributed by atoms with E-state index in [1.54, 1.807) is 29.1 Å². The highest BCUT2D eigenvalue weighted by Gasteiger charge is 2.14. The number of hydrogen-bond acceptors (Lipinski definition) is 5. The Labute approximate surface area is 181 Å². The van der Waals surface area contributed by atoms with Gasteiger partial charge in [0, 0.05) is 30.5 Å². The van der Waals surface area contributed by atoms with Crippen molar-refractivity contribution >= 4 is 11.8 Å². The van der Waals surface area contributed by atoms with Gasteiger partial charge in [0.25, 0.3) is 11.8 Å². The quantitative estimate of drug-likeness (QED) is 0.553. The zero-order valence-electron chi connectivity index (χ0n) is 17.8. The van der Waals surface area contributed by atoms with Crippen molar-refractivity contribution in [2.24, 2.45) is 0 Å². The fraction of sp³-hybridized carbons (Fsp3) is 0.261. The van der Waals surface area contributed by atoms with E-state index >= 15 is 0 Å². The van der Waals surface area contributed by atoms with Crippen molar-refractivity contribution in [3.63, 3.8) is 0 Å². The van der Waals surface area contributed by atoms with Crippen LogP contribution < -0.4 is 20.1 Å². The van der Waals surface area contributed by atoms with Gasteiger partial charge >= 0.3 is 0 Å². The highest BCUT2D eigenvalue weighted by molar-refractivity contribution is 5.95. The van der Waals surface area contributed by atoms with Crippen LogP contribution in [0.25, 0.3) is 5.69 Å². The topological polar surface area (TPSA) is 94.5 Å². The molecule has 2 N–H and O–H groups in total. The third-order valence-electron chi connectivity index (χ3n) is 4.42. The van der Waals surface area contributed by atoms with Crippen LogP contribution in [0.15, 0.2) is 60.9 Å². The maximum absolute atomic E-state index is 12.7. The number of hydrogen-bond donors (Lipinski definition) is 2. The molecule has 1 heterocycles. The molecule has 2 amide bonds. The van der Waals surface area contributed by atoms with E-state index in [2.05, 4.69) is 15.7 Å². The summed E-state index contributed by atoms with van der Waals surface area (Å²) in [5.74, 6) is 0.288. The monoisotopic (exact) mass is 422 g/mol. The molecular formula is C23H26N4O4. The van der Waals surface area contributed by atoms with Gasteiger partial charge in [-0.1, -0.05) is 18.2 Å². The van der Waals surface area contributed by atoms with E-state index in [-0.39, 0.29) is 24.5 Å². The Balaban J connectivity index is 1.65. The van der Waals surface area contributed by atoms with Crippen molar-refractivity contribution in [3.8, 4) is 17.2 Å². The van der Waals surface area contributed by atoms with E-state index in [1.165, 1.54) is 7.11 Å². The van der Waals surface area contributed by atoms with Crippen LogP contribution in [0.3, 0.4) is 0 Å². The van der Waals surface area contributed by atoms with E-state index < -0.39 is 0 Å². The molecule has 3 aromatic rings. The van der Waals surface area contributed by atoms with Crippen LogP contribution in [-0.4, -0.2) is 41.4 Å². The van der Waals surface area contributed by atoms with E-state index in [9.17, 15) is 9.59 Å². The summed E-state index contributed by atoms with van der Waals surface area (Å²) in [5.41, 5.74) is 2.25. The highest BCUT2D eigenvalue weighted by Crippen LogP contribution is 2.28. The van der Waals surface area contributed by atoms with E-state index in [4.69, 9.17) is 9.47 Å². The lowest BCUT2D eigenvalue weighted by molar-refractivity contribution is -0.123. The lowest BCUT2D eigenvalue weighted by Crippen LogP contribution is -2.34. The summed E-state index contributed by atoms with van der Waals surface area (Å²) in [5, 5.41) is 9.93. The lowest BCUT2D eigenvalue weighted by atomic mass is 10.1. The molecule has 0 aliphatic carbocycles. The number of methoxy groups -OCH3 is 1. The minimum Gasteiger partial charge on any atom is -0.493 e. The third-order valence-corrected chi connectivity index (χ3v) is 4.42. The number of nitrogens with one attached hydrogen (secondary N) is 2. The molecule has 0 spiro atoms. The average molecular weight is 422 g/mol. The Bertz CT molecular complexity index is 1030. The Hall–Kier alpha value is -3.81. The molecule has 8 nitrogen and oxygen atoms in total. The smallest absolute Gasteiger partial charge is 0.258 e. The maximum Gasteiger partial charge on any atom is 0.258 e. The molecule has 2 aromatic carbocycles. The van der Waals surface area contributed by atoms with Crippen LogP contribution >= 0.6 is 0 Å². The molecule has 0 atom stereocenters. The molecule has 0 saturated carbocycles. The van der Waals surface area contributed by atoms with Crippen LogP contribution in [0.2, 0.25) is 0 Å². The van der Waals surface area contributed by atoms with Gasteiger partial charge in [-0.15, -0.1) is 0 Å². The molecule has 31 heavy (non-hydrogen) atoms. The van der Waals surface area contributed by atoms with Gasteiger partial charge < -0.3 is 20.1 Å². The number of amides is 2. The van der Waals surface area contributed by atoms with Gasteiger partial charge in [0.05, 0.1) is 12.8 Å². The summed E-state index contributed by atoms with van der Waals surface area (Å²) in [6.45, 7) is 3.95. The zero-order valence-corrected chi connectivity index (χ0v) is 17.8. The molecule has 0 aliphatic heterocycles. The van der Waals surface area contributed by atoms with Gasteiger partial charge in [0.2, 0.25) is 0 Å². The second-order valence-electron chi connectivity index (χ2n) is 7.14. The second kappa shape index (κ2) is 10.3. The maximum atomic E-state index is 12.7. The normalized spacial score (nSPS) is 10.6. The Morgan fingerprint density at radius 2 is 1.90 bits per heavy atom. The number of benzene rings is 2. The molecule has 0 radical (unpaired) electrons. The van der Waals surface area contributed by atoms with Gasteiger partial charge in [-0.2, -0.15) is 5.10 Å². The summed E-state index contributed by atoms with van der Waals surface area (Å²) in [6, 6.07) is 14.4. The van der Waals surface area contributed by atoms with Gasteiger partial charge in [0.15, 0.2) is 18.1 Å². The number of carbonyl (C=O) groups excluding carboxylic acids is 2. The van der Waals surface area contributed by atoms with Crippen molar-refractivity contribution in [1.29, 1.82) is 0 Å². The molecule has 0 unspecified atom stereocenters. The number of para-hydroxylation sites is 1. The van der Waals surface area contributed by atoms with Crippen molar-refractivity contribution < 1.29 is 19.1 Å². The molecule has 0 bridgehead atoms. The first-order valence-electron chi connectivity index (χ1n) is 9.94. The van der Waals surface area contributed by atoms with Crippen molar-refractivity contribution in [2.45, 2.75) is 26.4 Å². The summed E-state index contributed by atoms with van der Waals surface area (Å²) in [7, 11) is 1.48. The molecule has 0 saturated heterocycles. The van der Waals surface area contributed by atoms with Crippen LogP contribution in [-0.2, 0) is 11.3 Å². The predicted octanol–water partition coefficient (Wildman–Crippen LogP) is 2.71. The molecule has 1 aromatic heterocycles. The summed E-state index contributed by atoms with van der Waals surface area (Å²) >= 11 is 0. The SMILES string of the molecule is COc1cc(C(=O)NCc2ccccc2-n2cccn2)ccc1OCC(=O)NC(C)C. The number of carbonyl (C=O) groups is 2. The molecule has 0 aliphatic rings. The Kier molecular flexibility index (Phi) is 7.26. The third kappa shape index (κ3) is 5.85. The first kappa shape index (κ1) is 21.9. The first-order chi connectivity index (χ1) is 15.0. The fourth-order valence-electron chi connectivity index (χ4n) is 3.01. The molecular weight excluding hydrogens is 396 g/mol. The van der Waals surface area contributed by atoms with Crippen molar-refractivity contribution in [2.75, 3.05) is 13.7 Å².